The molecule has 0 spiro atoms. The number of nitrogens with zero attached hydrogens (tertiary/aromatic N) is 2. The molecule has 53 heavy (non-hydrogen) atoms. The van der Waals surface area contributed by atoms with Gasteiger partial charge in [-0.05, 0) is 55.7 Å². The number of aliphatic hydroxyl groups is 1. The van der Waals surface area contributed by atoms with E-state index in [-0.39, 0.29) is 56.4 Å². The quantitative estimate of drug-likeness (QED) is 0.0327. The SMILES string of the molecule is CC(C)C[C@H](NC(=O)[C@H](CC(N)=O)NC(=O)[C@@H]1CCCN1C(=O)[C@H](CO)NC(=O)[C@H](Cc1ccc(O)cc1)NC(=O)[C@@H](N)CCCN=C(N)N)C(=O)O. The Morgan fingerprint density at radius 1 is 0.887 bits per heavy atom. The van der Waals surface area contributed by atoms with E-state index >= 15 is 0 Å². The average molecular weight is 749 g/mol. The molecular weight excluding hydrogens is 696 g/mol. The zero-order chi connectivity index (χ0) is 39.8. The molecule has 1 heterocycles. The molecule has 6 atom stereocenters. The maximum atomic E-state index is 13.7. The van der Waals surface area contributed by atoms with E-state index in [9.17, 15) is 48.9 Å². The minimum Gasteiger partial charge on any atom is -0.508 e. The summed E-state index contributed by atoms with van der Waals surface area (Å²) in [7, 11) is 0. The Morgan fingerprint density at radius 3 is 2.06 bits per heavy atom. The van der Waals surface area contributed by atoms with Crippen LogP contribution in [0.15, 0.2) is 29.3 Å². The minimum atomic E-state index is -1.57. The number of rotatable bonds is 21. The predicted octanol–water partition coefficient (Wildman–Crippen LogP) is -3.76. The summed E-state index contributed by atoms with van der Waals surface area (Å²) >= 11 is 0. The monoisotopic (exact) mass is 748 g/mol. The molecule has 15 N–H and O–H groups in total. The molecule has 0 radical (unpaired) electrons. The Morgan fingerprint density at radius 2 is 1.49 bits per heavy atom. The lowest BCUT2D eigenvalue weighted by Crippen LogP contribution is -2.60. The number of guanidine groups is 1. The van der Waals surface area contributed by atoms with Crippen LogP contribution in [0.4, 0.5) is 0 Å². The fraction of sp³-hybridized carbons (Fsp3) is 0.576. The van der Waals surface area contributed by atoms with Crippen LogP contribution in [0, 0.1) is 5.92 Å². The second-order valence-electron chi connectivity index (χ2n) is 13.2. The van der Waals surface area contributed by atoms with Gasteiger partial charge in [-0.1, -0.05) is 26.0 Å². The van der Waals surface area contributed by atoms with Crippen molar-refractivity contribution in [2.45, 2.75) is 95.0 Å². The molecule has 0 saturated carbocycles. The second-order valence-corrected chi connectivity index (χ2v) is 13.2. The van der Waals surface area contributed by atoms with Crippen LogP contribution in [0.3, 0.4) is 0 Å². The van der Waals surface area contributed by atoms with Gasteiger partial charge in [0.2, 0.25) is 35.4 Å². The van der Waals surface area contributed by atoms with Crippen molar-refractivity contribution in [1.82, 2.24) is 26.2 Å². The number of aromatic hydroxyl groups is 1. The zero-order valence-corrected chi connectivity index (χ0v) is 29.8. The van der Waals surface area contributed by atoms with Crippen molar-refractivity contribution in [2.75, 3.05) is 19.7 Å². The van der Waals surface area contributed by atoms with E-state index in [2.05, 4.69) is 26.3 Å². The number of aliphatic hydroxyl groups excluding tert-OH is 1. The molecule has 294 valence electrons. The van der Waals surface area contributed by atoms with Gasteiger partial charge in [-0.2, -0.15) is 0 Å². The van der Waals surface area contributed by atoms with Crippen molar-refractivity contribution in [3.8, 4) is 5.75 Å². The molecule has 2 rings (SSSR count). The number of hydrogen-bond acceptors (Lipinski definition) is 11. The molecule has 0 unspecified atom stereocenters. The first-order valence-electron chi connectivity index (χ1n) is 17.2. The van der Waals surface area contributed by atoms with Crippen LogP contribution in [0.2, 0.25) is 0 Å². The van der Waals surface area contributed by atoms with Crippen LogP contribution in [0.5, 0.6) is 5.75 Å². The molecule has 0 bridgehead atoms. The highest BCUT2D eigenvalue weighted by Gasteiger charge is 2.40. The van der Waals surface area contributed by atoms with Crippen LogP contribution in [0.25, 0.3) is 0 Å². The fourth-order valence-corrected chi connectivity index (χ4v) is 5.61. The van der Waals surface area contributed by atoms with E-state index in [1.54, 1.807) is 13.8 Å². The second kappa shape index (κ2) is 21.1. The van der Waals surface area contributed by atoms with Crippen molar-refractivity contribution in [3.05, 3.63) is 29.8 Å². The number of primary amides is 1. The number of likely N-dealkylation sites (tertiary alicyclic amines) is 1. The molecular formula is C33H52N10O10. The highest BCUT2D eigenvalue weighted by Crippen LogP contribution is 2.20. The molecule has 1 saturated heterocycles. The standard InChI is InChI=1S/C33H52N10O10/c1-17(2)13-23(32(52)53)41-29(49)22(15-26(35)46)40-30(50)25-6-4-12-43(25)31(51)24(16-44)42-28(48)21(14-18-7-9-19(45)10-8-18)39-27(47)20(34)5-3-11-38-33(36)37/h7-10,17,20-25,44-45H,3-6,11-16,34H2,1-2H3,(H2,35,46)(H,39,47)(H,40,50)(H,41,49)(H,42,48)(H,52,53)(H4,36,37,38)/t20-,21-,22-,23-,24-,25-/m0/s1. The van der Waals surface area contributed by atoms with Crippen LogP contribution in [-0.4, -0.2) is 124 Å². The normalized spacial score (nSPS) is 16.7. The molecule has 6 amide bonds. The Hall–Kier alpha value is -5.50. The van der Waals surface area contributed by atoms with Gasteiger partial charge >= 0.3 is 5.97 Å². The van der Waals surface area contributed by atoms with Crippen LogP contribution in [-0.2, 0) is 40.0 Å². The van der Waals surface area contributed by atoms with E-state index in [0.717, 1.165) is 4.90 Å². The number of nitrogens with two attached hydrogens (primary N) is 4. The number of aliphatic carboxylic acids is 1. The van der Waals surface area contributed by atoms with E-state index in [4.69, 9.17) is 22.9 Å². The topological polar surface area (TPSA) is 348 Å². The zero-order valence-electron chi connectivity index (χ0n) is 29.8. The van der Waals surface area contributed by atoms with Crippen molar-refractivity contribution in [2.24, 2.45) is 33.8 Å². The molecule has 1 aliphatic rings. The van der Waals surface area contributed by atoms with Gasteiger partial charge in [0.15, 0.2) is 5.96 Å². The third-order valence-corrected chi connectivity index (χ3v) is 8.31. The van der Waals surface area contributed by atoms with Gasteiger partial charge in [-0.3, -0.25) is 33.8 Å². The number of hydrogen-bond donors (Lipinski definition) is 11. The number of carbonyl (C=O) groups excluding carboxylic acids is 6. The van der Waals surface area contributed by atoms with Gasteiger partial charge in [0.1, 0.15) is 36.0 Å². The number of phenolic OH excluding ortho intramolecular Hbond substituents is 1. The number of benzene rings is 1. The van der Waals surface area contributed by atoms with Gasteiger partial charge in [-0.25, -0.2) is 4.79 Å². The van der Waals surface area contributed by atoms with Crippen molar-refractivity contribution < 1.29 is 48.9 Å². The van der Waals surface area contributed by atoms with Crippen LogP contribution >= 0.6 is 0 Å². The molecule has 0 aromatic heterocycles. The Labute approximate surface area is 306 Å². The van der Waals surface area contributed by atoms with E-state index in [0.29, 0.717) is 18.4 Å². The van der Waals surface area contributed by atoms with Gasteiger partial charge in [0.25, 0.3) is 0 Å². The molecule has 1 aromatic carbocycles. The number of aliphatic imine (C=N–C) groups is 1. The lowest BCUT2D eigenvalue weighted by atomic mass is 10.0. The lowest BCUT2D eigenvalue weighted by Gasteiger charge is -2.30. The maximum absolute atomic E-state index is 13.7. The summed E-state index contributed by atoms with van der Waals surface area (Å²) in [6.45, 7) is 2.87. The number of carboxylic acid groups (broad SMARTS) is 1. The number of nitrogens with one attached hydrogen (secondary N) is 4. The van der Waals surface area contributed by atoms with E-state index in [1.165, 1.54) is 24.3 Å². The first-order chi connectivity index (χ1) is 24.9. The minimum absolute atomic E-state index is 0.0334. The smallest absolute Gasteiger partial charge is 0.326 e. The number of carbonyl (C=O) groups is 7. The lowest BCUT2D eigenvalue weighted by molar-refractivity contribution is -0.144. The highest BCUT2D eigenvalue weighted by atomic mass is 16.4. The first kappa shape index (κ1) is 43.7. The highest BCUT2D eigenvalue weighted by molar-refractivity contribution is 5.97. The van der Waals surface area contributed by atoms with Gasteiger partial charge in [0, 0.05) is 19.5 Å². The number of amides is 6. The molecule has 1 aromatic rings. The fourth-order valence-electron chi connectivity index (χ4n) is 5.61. The molecule has 1 fully saturated rings. The van der Waals surface area contributed by atoms with Gasteiger partial charge < -0.3 is 64.4 Å². The molecule has 0 aliphatic carbocycles. The number of phenols is 1. The Bertz CT molecular complexity index is 1490. The summed E-state index contributed by atoms with van der Waals surface area (Å²) in [5.41, 5.74) is 22.5. The molecule has 20 nitrogen and oxygen atoms in total. The van der Waals surface area contributed by atoms with Gasteiger partial charge in [0.05, 0.1) is 19.1 Å². The van der Waals surface area contributed by atoms with E-state index in [1.807, 2.05) is 0 Å². The van der Waals surface area contributed by atoms with Crippen LogP contribution < -0.4 is 44.2 Å². The largest absolute Gasteiger partial charge is 0.508 e. The molecule has 20 heteroatoms. The van der Waals surface area contributed by atoms with Crippen LogP contribution in [0.1, 0.15) is 57.9 Å². The van der Waals surface area contributed by atoms with Crippen molar-refractivity contribution >= 4 is 47.4 Å². The summed E-state index contributed by atoms with van der Waals surface area (Å²) in [4.78, 5) is 95.1. The summed E-state index contributed by atoms with van der Waals surface area (Å²) < 4.78 is 0. The van der Waals surface area contributed by atoms with E-state index < -0.39 is 90.7 Å². The third kappa shape index (κ3) is 14.6. The Balaban J connectivity index is 2.21. The Kier molecular flexibility index (Phi) is 17.4. The van der Waals surface area contributed by atoms with Crippen molar-refractivity contribution in [3.63, 3.8) is 0 Å². The first-order valence-corrected chi connectivity index (χ1v) is 17.2. The van der Waals surface area contributed by atoms with Gasteiger partial charge in [-0.15, -0.1) is 0 Å². The summed E-state index contributed by atoms with van der Waals surface area (Å²) in [5, 5.41) is 39.1. The summed E-state index contributed by atoms with van der Waals surface area (Å²) in [6.07, 6.45) is 0.316. The molecule has 1 aliphatic heterocycles. The third-order valence-electron chi connectivity index (χ3n) is 8.31. The maximum Gasteiger partial charge on any atom is 0.326 e. The summed E-state index contributed by atoms with van der Waals surface area (Å²) in [5.74, 6) is -6.73. The summed E-state index contributed by atoms with van der Waals surface area (Å²) in [6, 6.07) is -2.15. The number of carboxylic acids is 1. The van der Waals surface area contributed by atoms with Crippen molar-refractivity contribution in [1.29, 1.82) is 0 Å². The predicted molar refractivity (Wildman–Crippen MR) is 190 cm³/mol. The average Bonchev–Trinajstić information content (AvgIpc) is 3.58.